The molecule has 0 bridgehead atoms. The van der Waals surface area contributed by atoms with Crippen molar-refractivity contribution in [1.29, 1.82) is 0 Å². The van der Waals surface area contributed by atoms with E-state index in [4.69, 9.17) is 42.5 Å². The Morgan fingerprint density at radius 3 is 2.47 bits per heavy atom. The van der Waals surface area contributed by atoms with E-state index in [9.17, 15) is 0 Å². The van der Waals surface area contributed by atoms with E-state index in [0.29, 0.717) is 28.8 Å². The van der Waals surface area contributed by atoms with E-state index >= 15 is 0 Å². The molecule has 7 heteroatoms. The Balaban J connectivity index is 1.50. The lowest BCUT2D eigenvalue weighted by atomic mass is 9.96. The zero-order valence-corrected chi connectivity index (χ0v) is 20.6. The number of benzene rings is 3. The third-order valence-corrected chi connectivity index (χ3v) is 6.66. The summed E-state index contributed by atoms with van der Waals surface area (Å²) < 4.78 is 17.6. The summed E-state index contributed by atoms with van der Waals surface area (Å²) in [6.45, 7) is 2.86. The van der Waals surface area contributed by atoms with Crippen molar-refractivity contribution in [2.75, 3.05) is 13.7 Å². The number of hydrogen-bond donors (Lipinski definition) is 0. The third kappa shape index (κ3) is 4.42. The van der Waals surface area contributed by atoms with Crippen LogP contribution < -0.4 is 14.2 Å². The summed E-state index contributed by atoms with van der Waals surface area (Å²) in [6, 6.07) is 19.6. The average Bonchev–Trinajstić information content (AvgIpc) is 3.30. The van der Waals surface area contributed by atoms with Crippen molar-refractivity contribution in [3.63, 3.8) is 0 Å². The highest BCUT2D eigenvalue weighted by atomic mass is 35.5. The molecule has 0 amide bonds. The molecule has 2 unspecified atom stereocenters. The van der Waals surface area contributed by atoms with E-state index in [1.807, 2.05) is 59.6 Å². The van der Waals surface area contributed by atoms with Gasteiger partial charge < -0.3 is 14.2 Å². The van der Waals surface area contributed by atoms with Crippen molar-refractivity contribution in [2.24, 2.45) is 5.10 Å². The fourth-order valence-corrected chi connectivity index (χ4v) is 4.91. The van der Waals surface area contributed by atoms with Crippen molar-refractivity contribution < 1.29 is 14.2 Å². The highest BCUT2D eigenvalue weighted by molar-refractivity contribution is 6.35. The molecule has 0 spiro atoms. The number of fused-ring (bicyclic) bond motifs is 3. The topological polar surface area (TPSA) is 43.3 Å². The average molecular weight is 497 g/mol. The molecule has 0 saturated heterocycles. The molecule has 34 heavy (non-hydrogen) atoms. The summed E-state index contributed by atoms with van der Waals surface area (Å²) in [5, 5.41) is 8.10. The molecule has 0 aliphatic carbocycles. The maximum Gasteiger partial charge on any atom is 0.213 e. The highest BCUT2D eigenvalue weighted by Crippen LogP contribution is 2.50. The first kappa shape index (κ1) is 22.9. The van der Waals surface area contributed by atoms with Crippen molar-refractivity contribution in [2.45, 2.75) is 38.5 Å². The normalized spacial score (nSPS) is 18.6. The molecule has 0 radical (unpaired) electrons. The van der Waals surface area contributed by atoms with Gasteiger partial charge >= 0.3 is 0 Å². The molecule has 5 nitrogen and oxygen atoms in total. The predicted molar refractivity (Wildman–Crippen MR) is 135 cm³/mol. The quantitative estimate of drug-likeness (QED) is 0.319. The number of hydrogen-bond acceptors (Lipinski definition) is 5. The van der Waals surface area contributed by atoms with Gasteiger partial charge in [0.05, 0.1) is 30.5 Å². The molecule has 3 aromatic rings. The van der Waals surface area contributed by atoms with Gasteiger partial charge in [-0.1, -0.05) is 36.5 Å². The van der Waals surface area contributed by atoms with Crippen LogP contribution in [0.1, 0.15) is 55.1 Å². The SMILES string of the molecule is CCCCOc1ccc(C2Oc3c(Cl)cc(Cl)cc3C3CC(c4ccc(OC)cc4)=NN32)cc1. The number of nitrogens with zero attached hydrogens (tertiary/aromatic N) is 2. The molecule has 2 heterocycles. The highest BCUT2D eigenvalue weighted by Gasteiger charge is 2.42. The fourth-order valence-electron chi connectivity index (χ4n) is 4.36. The largest absolute Gasteiger partial charge is 0.497 e. The Kier molecular flexibility index (Phi) is 6.57. The number of ether oxygens (including phenoxy) is 3. The van der Waals surface area contributed by atoms with E-state index < -0.39 is 6.23 Å². The van der Waals surface area contributed by atoms with Gasteiger partial charge in [-0.25, -0.2) is 5.01 Å². The van der Waals surface area contributed by atoms with Gasteiger partial charge in [-0.2, -0.15) is 5.10 Å². The van der Waals surface area contributed by atoms with Crippen LogP contribution in [0.5, 0.6) is 17.2 Å². The van der Waals surface area contributed by atoms with Crippen LogP contribution in [-0.2, 0) is 0 Å². The fraction of sp³-hybridized carbons (Fsp3) is 0.296. The first-order valence-corrected chi connectivity index (χ1v) is 12.2. The zero-order chi connectivity index (χ0) is 23.7. The van der Waals surface area contributed by atoms with Gasteiger partial charge in [0.25, 0.3) is 0 Å². The van der Waals surface area contributed by atoms with Crippen molar-refractivity contribution >= 4 is 28.9 Å². The van der Waals surface area contributed by atoms with Crippen LogP contribution in [0.25, 0.3) is 0 Å². The lowest BCUT2D eigenvalue weighted by Gasteiger charge is -2.38. The molecular weight excluding hydrogens is 471 g/mol. The lowest BCUT2D eigenvalue weighted by molar-refractivity contribution is -0.0189. The van der Waals surface area contributed by atoms with E-state index in [1.165, 1.54) is 0 Å². The van der Waals surface area contributed by atoms with Gasteiger partial charge in [0, 0.05) is 22.6 Å². The molecule has 3 aromatic carbocycles. The van der Waals surface area contributed by atoms with Gasteiger partial charge in [0.2, 0.25) is 6.23 Å². The second-order valence-electron chi connectivity index (χ2n) is 8.42. The Bertz CT molecular complexity index is 1200. The minimum absolute atomic E-state index is 0.0393. The van der Waals surface area contributed by atoms with Crippen LogP contribution in [0, 0.1) is 0 Å². The Morgan fingerprint density at radius 2 is 1.76 bits per heavy atom. The van der Waals surface area contributed by atoms with Gasteiger partial charge in [0.15, 0.2) is 0 Å². The first-order chi connectivity index (χ1) is 16.6. The van der Waals surface area contributed by atoms with Gasteiger partial charge in [-0.15, -0.1) is 0 Å². The minimum atomic E-state index is -0.420. The summed E-state index contributed by atoms with van der Waals surface area (Å²) in [5.41, 5.74) is 3.94. The summed E-state index contributed by atoms with van der Waals surface area (Å²) in [7, 11) is 1.66. The van der Waals surface area contributed by atoms with Gasteiger partial charge in [-0.05, 0) is 72.6 Å². The van der Waals surface area contributed by atoms with Crippen LogP contribution >= 0.6 is 23.2 Å². The van der Waals surface area contributed by atoms with Crippen LogP contribution in [0.3, 0.4) is 0 Å². The summed E-state index contributed by atoms with van der Waals surface area (Å²) in [6.07, 6.45) is 2.43. The van der Waals surface area contributed by atoms with E-state index in [-0.39, 0.29) is 6.04 Å². The number of rotatable bonds is 7. The second-order valence-corrected chi connectivity index (χ2v) is 9.27. The molecular formula is C27H26Cl2N2O3. The van der Waals surface area contributed by atoms with Crippen LogP contribution in [-0.4, -0.2) is 24.4 Å². The van der Waals surface area contributed by atoms with Crippen molar-refractivity contribution in [3.05, 3.63) is 87.4 Å². The molecule has 0 saturated carbocycles. The maximum absolute atomic E-state index is 6.57. The van der Waals surface area contributed by atoms with Crippen molar-refractivity contribution in [3.8, 4) is 17.2 Å². The van der Waals surface area contributed by atoms with Crippen LogP contribution in [0.4, 0.5) is 0 Å². The standard InChI is InChI=1S/C27H26Cl2N2O3/c1-3-4-13-33-21-11-7-18(8-12-21)27-31-25(22-14-19(28)15-23(29)26(22)34-27)16-24(30-31)17-5-9-20(32-2)10-6-17/h5-12,14-15,25,27H,3-4,13,16H2,1-2H3. The molecule has 0 fully saturated rings. The monoisotopic (exact) mass is 496 g/mol. The van der Waals surface area contributed by atoms with E-state index in [0.717, 1.165) is 46.7 Å². The molecule has 5 rings (SSSR count). The number of halogens is 2. The lowest BCUT2D eigenvalue weighted by Crippen LogP contribution is -2.33. The molecule has 2 aliphatic heterocycles. The summed E-state index contributed by atoms with van der Waals surface area (Å²) in [4.78, 5) is 0. The molecule has 2 aliphatic rings. The second kappa shape index (κ2) is 9.77. The summed E-state index contributed by atoms with van der Waals surface area (Å²) in [5.74, 6) is 2.32. The van der Waals surface area contributed by atoms with Gasteiger partial charge in [-0.3, -0.25) is 0 Å². The minimum Gasteiger partial charge on any atom is -0.497 e. The van der Waals surface area contributed by atoms with Crippen LogP contribution in [0.2, 0.25) is 10.0 Å². The molecule has 0 aromatic heterocycles. The maximum atomic E-state index is 6.57. The van der Waals surface area contributed by atoms with E-state index in [2.05, 4.69) is 6.92 Å². The van der Waals surface area contributed by atoms with Crippen LogP contribution in [0.15, 0.2) is 65.8 Å². The Hall–Kier alpha value is -2.89. The summed E-state index contributed by atoms with van der Waals surface area (Å²) >= 11 is 12.9. The smallest absolute Gasteiger partial charge is 0.213 e. The predicted octanol–water partition coefficient (Wildman–Crippen LogP) is 7.42. The number of hydrazone groups is 1. The first-order valence-electron chi connectivity index (χ1n) is 11.5. The van der Waals surface area contributed by atoms with Gasteiger partial charge in [0.1, 0.15) is 17.2 Å². The Labute approximate surface area is 209 Å². The van der Waals surface area contributed by atoms with E-state index in [1.54, 1.807) is 13.2 Å². The zero-order valence-electron chi connectivity index (χ0n) is 19.1. The molecule has 176 valence electrons. The third-order valence-electron chi connectivity index (χ3n) is 6.16. The number of methoxy groups -OCH3 is 1. The number of unbranched alkanes of at least 4 members (excludes halogenated alkanes) is 1. The Morgan fingerprint density at radius 1 is 1.03 bits per heavy atom. The van der Waals surface area contributed by atoms with Crippen molar-refractivity contribution in [1.82, 2.24) is 5.01 Å². The molecule has 0 N–H and O–H groups in total. The molecule has 2 atom stereocenters.